The molecule has 0 aromatic rings. The van der Waals surface area contributed by atoms with E-state index in [1.165, 1.54) is 17.6 Å². The van der Waals surface area contributed by atoms with Gasteiger partial charge in [0.2, 0.25) is 0 Å². The number of allylic oxidation sites excluding steroid dienone is 1. The lowest BCUT2D eigenvalue weighted by atomic mass is 10.2. The topological polar surface area (TPSA) is 0 Å². The van der Waals surface area contributed by atoms with Crippen molar-refractivity contribution >= 4 is 11.8 Å². The summed E-state index contributed by atoms with van der Waals surface area (Å²) in [6, 6.07) is 0. The molecule has 1 atom stereocenters. The van der Waals surface area contributed by atoms with E-state index in [1.54, 1.807) is 0 Å². The molecule has 0 aliphatic carbocycles. The summed E-state index contributed by atoms with van der Waals surface area (Å²) in [5, 5.41) is 0.639. The van der Waals surface area contributed by atoms with Gasteiger partial charge in [-0.2, -0.15) is 0 Å². The third-order valence-corrected chi connectivity index (χ3v) is 3.75. The highest BCUT2D eigenvalue weighted by Crippen LogP contribution is 2.23. The third-order valence-electron chi connectivity index (χ3n) is 1.99. The number of hydrogen-bond acceptors (Lipinski definition) is 1. The molecule has 0 N–H and O–H groups in total. The second-order valence-electron chi connectivity index (χ2n) is 3.51. The van der Waals surface area contributed by atoms with Gasteiger partial charge in [0, 0.05) is 11.0 Å². The van der Waals surface area contributed by atoms with Gasteiger partial charge in [0.15, 0.2) is 0 Å². The molecule has 13 heavy (non-hydrogen) atoms. The molecule has 0 spiro atoms. The van der Waals surface area contributed by atoms with Crippen LogP contribution in [0.15, 0.2) is 23.8 Å². The van der Waals surface area contributed by atoms with Crippen LogP contribution in [0.3, 0.4) is 0 Å². The van der Waals surface area contributed by atoms with Gasteiger partial charge in [-0.05, 0) is 26.7 Å². The van der Waals surface area contributed by atoms with Crippen molar-refractivity contribution in [1.29, 1.82) is 0 Å². The summed E-state index contributed by atoms with van der Waals surface area (Å²) in [5.74, 6) is 1.15. The average Bonchev–Trinajstić information content (AvgIpc) is 2.05. The molecule has 0 aliphatic heterocycles. The summed E-state index contributed by atoms with van der Waals surface area (Å²) in [6.07, 6.45) is 4.65. The zero-order valence-electron chi connectivity index (χ0n) is 9.39. The fraction of sp³-hybridized carbons (Fsp3) is 0.667. The quantitative estimate of drug-likeness (QED) is 0.569. The highest BCUT2D eigenvalue weighted by Gasteiger charge is 2.06. The summed E-state index contributed by atoms with van der Waals surface area (Å²) in [5.41, 5.74) is 2.80. The van der Waals surface area contributed by atoms with E-state index in [0.717, 1.165) is 12.2 Å². The Bertz CT molecular complexity index is 180. The molecule has 0 fully saturated rings. The average molecular weight is 198 g/mol. The van der Waals surface area contributed by atoms with Crippen molar-refractivity contribution in [2.45, 2.75) is 45.8 Å². The molecule has 0 bridgehead atoms. The van der Waals surface area contributed by atoms with Gasteiger partial charge in [0.25, 0.3) is 0 Å². The zero-order valence-corrected chi connectivity index (χ0v) is 10.2. The van der Waals surface area contributed by atoms with Crippen LogP contribution in [0.25, 0.3) is 0 Å². The monoisotopic (exact) mass is 198 g/mol. The molecule has 0 nitrogen and oxygen atoms in total. The Kier molecular flexibility index (Phi) is 7.16. The highest BCUT2D eigenvalue weighted by atomic mass is 32.2. The van der Waals surface area contributed by atoms with Crippen LogP contribution in [-0.2, 0) is 0 Å². The van der Waals surface area contributed by atoms with E-state index in [0.29, 0.717) is 5.25 Å². The second-order valence-corrected chi connectivity index (χ2v) is 4.70. The molecule has 76 valence electrons. The minimum absolute atomic E-state index is 0.639. The van der Waals surface area contributed by atoms with E-state index in [9.17, 15) is 0 Å². The van der Waals surface area contributed by atoms with Crippen LogP contribution in [-0.4, -0.2) is 11.0 Å². The first kappa shape index (κ1) is 12.8. The van der Waals surface area contributed by atoms with E-state index in [2.05, 4.69) is 40.3 Å². The molecule has 0 aliphatic rings. The van der Waals surface area contributed by atoms with Crippen LogP contribution in [0, 0.1) is 0 Å². The molecule has 1 unspecified atom stereocenters. The van der Waals surface area contributed by atoms with E-state index in [-0.39, 0.29) is 0 Å². The highest BCUT2D eigenvalue weighted by molar-refractivity contribution is 8.00. The van der Waals surface area contributed by atoms with Crippen LogP contribution >= 0.6 is 11.8 Å². The molecule has 0 heterocycles. The maximum absolute atomic E-state index is 4.01. The summed E-state index contributed by atoms with van der Waals surface area (Å²) >= 11 is 2.01. The Hall–Kier alpha value is -0.170. The Labute approximate surface area is 87.5 Å². The molecule has 1 heteroatoms. The summed E-state index contributed by atoms with van der Waals surface area (Å²) in [6.45, 7) is 12.8. The van der Waals surface area contributed by atoms with Crippen molar-refractivity contribution < 1.29 is 0 Å². The minimum atomic E-state index is 0.639. The normalized spacial score (nSPS) is 14.3. The zero-order chi connectivity index (χ0) is 10.3. The second kappa shape index (κ2) is 7.25. The maximum Gasteiger partial charge on any atom is 0.0251 e. The molecule has 0 aromatic heterocycles. The molecule has 0 amide bonds. The summed E-state index contributed by atoms with van der Waals surface area (Å²) in [4.78, 5) is 0. The van der Waals surface area contributed by atoms with Gasteiger partial charge < -0.3 is 0 Å². The lowest BCUT2D eigenvalue weighted by Crippen LogP contribution is -2.02. The maximum atomic E-state index is 4.01. The van der Waals surface area contributed by atoms with Gasteiger partial charge in [0.05, 0.1) is 0 Å². The van der Waals surface area contributed by atoms with Crippen LogP contribution in [0.4, 0.5) is 0 Å². The molecular weight excluding hydrogens is 176 g/mol. The van der Waals surface area contributed by atoms with Crippen molar-refractivity contribution in [1.82, 2.24) is 0 Å². The molecule has 0 radical (unpaired) electrons. The predicted octanol–water partition coefficient (Wildman–Crippen LogP) is 4.43. The molecule has 0 saturated carbocycles. The number of rotatable bonds is 6. The van der Waals surface area contributed by atoms with Gasteiger partial charge in [-0.25, -0.2) is 0 Å². The van der Waals surface area contributed by atoms with Crippen LogP contribution in [0.2, 0.25) is 0 Å². The fourth-order valence-electron chi connectivity index (χ4n) is 1.25. The van der Waals surface area contributed by atoms with E-state index < -0.39 is 0 Å². The summed E-state index contributed by atoms with van der Waals surface area (Å²) in [7, 11) is 0. The van der Waals surface area contributed by atoms with E-state index >= 15 is 0 Å². The third kappa shape index (κ3) is 5.98. The van der Waals surface area contributed by atoms with Gasteiger partial charge in [-0.3, -0.25) is 0 Å². The SMILES string of the molecule is C=C(C)C(CC)SC/C(C)=C/CC. The Morgan fingerprint density at radius 2 is 2.00 bits per heavy atom. The molecule has 0 aromatic carbocycles. The number of hydrogen-bond donors (Lipinski definition) is 0. The van der Waals surface area contributed by atoms with Crippen LogP contribution < -0.4 is 0 Å². The van der Waals surface area contributed by atoms with Crippen molar-refractivity contribution in [3.8, 4) is 0 Å². The van der Waals surface area contributed by atoms with Crippen LogP contribution in [0.5, 0.6) is 0 Å². The van der Waals surface area contributed by atoms with Crippen molar-refractivity contribution in [3.63, 3.8) is 0 Å². The molecular formula is C12H22S. The lowest BCUT2D eigenvalue weighted by molar-refractivity contribution is 0.928. The molecule has 0 rings (SSSR count). The van der Waals surface area contributed by atoms with Crippen molar-refractivity contribution in [3.05, 3.63) is 23.8 Å². The fourth-order valence-corrected chi connectivity index (χ4v) is 2.35. The lowest BCUT2D eigenvalue weighted by Gasteiger charge is -2.14. The first-order valence-corrected chi connectivity index (χ1v) is 6.09. The number of thioether (sulfide) groups is 1. The largest absolute Gasteiger partial charge is 0.150 e. The summed E-state index contributed by atoms with van der Waals surface area (Å²) < 4.78 is 0. The first-order chi connectivity index (χ1) is 6.11. The van der Waals surface area contributed by atoms with Crippen LogP contribution in [0.1, 0.15) is 40.5 Å². The standard InChI is InChI=1S/C12H22S/c1-6-8-11(5)9-13-12(7-2)10(3)4/h8,12H,3,6-7,9H2,1-2,4-5H3/b11-8+. The Balaban J connectivity index is 3.85. The minimum Gasteiger partial charge on any atom is -0.150 e. The van der Waals surface area contributed by atoms with Gasteiger partial charge in [-0.15, -0.1) is 11.8 Å². The van der Waals surface area contributed by atoms with E-state index in [1.807, 2.05) is 11.8 Å². The van der Waals surface area contributed by atoms with Crippen molar-refractivity contribution in [2.24, 2.45) is 0 Å². The van der Waals surface area contributed by atoms with Gasteiger partial charge in [-0.1, -0.05) is 37.6 Å². The van der Waals surface area contributed by atoms with Crippen molar-refractivity contribution in [2.75, 3.05) is 5.75 Å². The predicted molar refractivity (Wildman–Crippen MR) is 65.4 cm³/mol. The van der Waals surface area contributed by atoms with E-state index in [4.69, 9.17) is 0 Å². The van der Waals surface area contributed by atoms with Gasteiger partial charge in [0.1, 0.15) is 0 Å². The Morgan fingerprint density at radius 1 is 1.38 bits per heavy atom. The first-order valence-electron chi connectivity index (χ1n) is 5.04. The van der Waals surface area contributed by atoms with Gasteiger partial charge >= 0.3 is 0 Å². The Morgan fingerprint density at radius 3 is 2.38 bits per heavy atom. The molecule has 0 saturated heterocycles. The smallest absolute Gasteiger partial charge is 0.0251 e.